The topological polar surface area (TPSA) is 194 Å². The molecule has 74 heavy (non-hydrogen) atoms. The lowest BCUT2D eigenvalue weighted by molar-refractivity contribution is -0.148. The van der Waals surface area contributed by atoms with Crippen molar-refractivity contribution in [2.75, 3.05) is 52.9 Å². The second-order valence-electron chi connectivity index (χ2n) is 20.9. The third kappa shape index (κ3) is 30.9. The van der Waals surface area contributed by atoms with Crippen LogP contribution in [0.3, 0.4) is 0 Å². The summed E-state index contributed by atoms with van der Waals surface area (Å²) < 4.78 is 65.0. The molecule has 0 spiro atoms. The van der Waals surface area contributed by atoms with Crippen LogP contribution in [0.2, 0.25) is 0 Å². The molecule has 0 heterocycles. The highest BCUT2D eigenvalue weighted by Crippen LogP contribution is 2.41. The van der Waals surface area contributed by atoms with Crippen LogP contribution in [0.1, 0.15) is 188 Å². The smallest absolute Gasteiger partial charge is 0.306 e. The molecule has 0 radical (unpaired) electrons. The summed E-state index contributed by atoms with van der Waals surface area (Å²) in [6.07, 6.45) is 25.0. The zero-order chi connectivity index (χ0) is 54.4. The van der Waals surface area contributed by atoms with Gasteiger partial charge in [0.25, 0.3) is 10.1 Å². The van der Waals surface area contributed by atoms with Gasteiger partial charge in [-0.1, -0.05) is 107 Å². The second kappa shape index (κ2) is 41.4. The molecule has 1 aromatic rings. The molecule has 0 bridgehead atoms. The highest BCUT2D eigenvalue weighted by molar-refractivity contribution is 7.86. The van der Waals surface area contributed by atoms with Crippen LogP contribution in [0.4, 0.5) is 0 Å². The minimum Gasteiger partial charge on any atom is -0.463 e. The molecule has 0 saturated heterocycles. The monoisotopic (exact) mass is 1070 g/mol. The third-order valence-electron chi connectivity index (χ3n) is 13.7. The number of unbranched alkanes of at least 4 members (excludes halogenated alkanes) is 10. The van der Waals surface area contributed by atoms with Crippen molar-refractivity contribution in [3.63, 3.8) is 0 Å². The van der Waals surface area contributed by atoms with Gasteiger partial charge in [-0.3, -0.25) is 13.8 Å². The van der Waals surface area contributed by atoms with Crippen molar-refractivity contribution in [2.45, 2.75) is 231 Å². The SMILES string of the molecule is CCCCCCCOCCOCC[C@@H]1C(C/C=C\CCCC(=O)OC(C)C)[C@@H](O)C[C@H]1O.CCCCCCCOCCOCC[C@@H]1C(C/C=C\CCCC(=O)OC(C)C)[C@@H](O)C[C@H]1OS(=O)(=O)c1ccc(C)cc1. The quantitative estimate of drug-likeness (QED) is 0.0243. The van der Waals surface area contributed by atoms with Crippen molar-refractivity contribution in [1.29, 1.82) is 0 Å². The Bertz CT molecular complexity index is 1730. The van der Waals surface area contributed by atoms with Crippen LogP contribution in [0.15, 0.2) is 53.5 Å². The van der Waals surface area contributed by atoms with Crippen LogP contribution in [0.5, 0.6) is 0 Å². The maximum Gasteiger partial charge on any atom is 0.306 e. The van der Waals surface area contributed by atoms with E-state index in [1.807, 2.05) is 46.8 Å². The van der Waals surface area contributed by atoms with Gasteiger partial charge in [-0.2, -0.15) is 8.42 Å². The summed E-state index contributed by atoms with van der Waals surface area (Å²) in [5.41, 5.74) is 0.962. The number of benzene rings is 1. The molecule has 2 unspecified atom stereocenters. The summed E-state index contributed by atoms with van der Waals surface area (Å²) in [6, 6.07) is 6.59. The van der Waals surface area contributed by atoms with Crippen molar-refractivity contribution in [3.8, 4) is 0 Å². The van der Waals surface area contributed by atoms with Crippen LogP contribution in [0.25, 0.3) is 0 Å². The van der Waals surface area contributed by atoms with Gasteiger partial charge in [-0.05, 0) is 141 Å². The van der Waals surface area contributed by atoms with Gasteiger partial charge in [0.15, 0.2) is 0 Å². The maximum atomic E-state index is 13.1. The minimum absolute atomic E-state index is 0.0510. The number of carbonyl (C=O) groups is 2. The van der Waals surface area contributed by atoms with Gasteiger partial charge in [-0.15, -0.1) is 0 Å². The van der Waals surface area contributed by atoms with Crippen LogP contribution in [-0.4, -0.2) is 125 Å². The van der Waals surface area contributed by atoms with E-state index in [-0.39, 0.29) is 59.1 Å². The van der Waals surface area contributed by atoms with Crippen molar-refractivity contribution in [2.24, 2.45) is 23.7 Å². The van der Waals surface area contributed by atoms with Gasteiger partial charge < -0.3 is 43.7 Å². The Morgan fingerprint density at radius 2 is 0.959 bits per heavy atom. The van der Waals surface area contributed by atoms with E-state index in [4.69, 9.17) is 32.6 Å². The van der Waals surface area contributed by atoms with Crippen LogP contribution in [-0.2, 0) is 52.3 Å². The molecule has 0 amide bonds. The number of aliphatic hydroxyl groups excluding tert-OH is 3. The first-order valence-electron chi connectivity index (χ1n) is 28.6. The number of esters is 2. The predicted molar refractivity (Wildman–Crippen MR) is 292 cm³/mol. The average molecular weight is 1070 g/mol. The zero-order valence-corrected chi connectivity index (χ0v) is 47.7. The fraction of sp³-hybridized carbons (Fsp3) is 0.797. The molecular weight excluding hydrogens is 965 g/mol. The summed E-state index contributed by atoms with van der Waals surface area (Å²) in [4.78, 5) is 23.4. The van der Waals surface area contributed by atoms with Crippen molar-refractivity contribution >= 4 is 22.1 Å². The van der Waals surface area contributed by atoms with Crippen molar-refractivity contribution in [1.82, 2.24) is 0 Å². The highest BCUT2D eigenvalue weighted by atomic mass is 32.2. The van der Waals surface area contributed by atoms with E-state index in [2.05, 4.69) is 26.0 Å². The molecule has 2 aliphatic rings. The normalized spacial score (nSPS) is 22.1. The van der Waals surface area contributed by atoms with E-state index in [0.29, 0.717) is 78.2 Å². The Balaban J connectivity index is 0.000000526. The molecule has 0 aliphatic heterocycles. The summed E-state index contributed by atoms with van der Waals surface area (Å²) in [5, 5.41) is 31.6. The molecule has 1 aromatic carbocycles. The molecular formula is C59H102O14S. The van der Waals surface area contributed by atoms with E-state index in [9.17, 15) is 33.3 Å². The summed E-state index contributed by atoms with van der Waals surface area (Å²) in [7, 11) is -3.98. The first-order chi connectivity index (χ1) is 35.6. The van der Waals surface area contributed by atoms with Gasteiger partial charge in [-0.25, -0.2) is 0 Å². The molecule has 8 atom stereocenters. The fourth-order valence-corrected chi connectivity index (χ4v) is 10.8. The fourth-order valence-electron chi connectivity index (χ4n) is 9.63. The first kappa shape index (κ1) is 67.4. The third-order valence-corrected chi connectivity index (χ3v) is 15.0. The van der Waals surface area contributed by atoms with Crippen LogP contribution in [0, 0.1) is 30.6 Å². The summed E-state index contributed by atoms with van der Waals surface area (Å²) in [5.74, 6) is -0.596. The van der Waals surface area contributed by atoms with E-state index in [1.54, 1.807) is 24.3 Å². The first-order valence-corrected chi connectivity index (χ1v) is 30.0. The maximum absolute atomic E-state index is 13.1. The molecule has 3 rings (SSSR count). The Morgan fingerprint density at radius 3 is 1.43 bits per heavy atom. The molecule has 15 heteroatoms. The number of rotatable bonds is 41. The van der Waals surface area contributed by atoms with Gasteiger partial charge in [0, 0.05) is 45.7 Å². The zero-order valence-electron chi connectivity index (χ0n) is 46.8. The van der Waals surface area contributed by atoms with Crippen LogP contribution >= 0.6 is 0 Å². The average Bonchev–Trinajstić information content (AvgIpc) is 3.78. The molecule has 2 fully saturated rings. The van der Waals surface area contributed by atoms with E-state index in [0.717, 1.165) is 63.7 Å². The Morgan fingerprint density at radius 1 is 0.541 bits per heavy atom. The van der Waals surface area contributed by atoms with E-state index < -0.39 is 34.5 Å². The molecule has 428 valence electrons. The van der Waals surface area contributed by atoms with Crippen LogP contribution < -0.4 is 0 Å². The second-order valence-corrected chi connectivity index (χ2v) is 22.4. The lowest BCUT2D eigenvalue weighted by Gasteiger charge is -2.24. The minimum atomic E-state index is -3.98. The van der Waals surface area contributed by atoms with Crippen molar-refractivity contribution < 1.29 is 65.9 Å². The number of allylic oxidation sites excluding steroid dienone is 4. The van der Waals surface area contributed by atoms with Gasteiger partial charge in [0.1, 0.15) is 0 Å². The number of hydrogen-bond donors (Lipinski definition) is 3. The largest absolute Gasteiger partial charge is 0.463 e. The number of aryl methyl sites for hydroxylation is 1. The lowest BCUT2D eigenvalue weighted by Crippen LogP contribution is -2.27. The number of hydrogen-bond acceptors (Lipinski definition) is 14. The van der Waals surface area contributed by atoms with Gasteiger partial charge in [0.05, 0.1) is 67.9 Å². The Kier molecular flexibility index (Phi) is 37.7. The molecule has 14 nitrogen and oxygen atoms in total. The number of carbonyl (C=O) groups excluding carboxylic acids is 2. The summed E-state index contributed by atoms with van der Waals surface area (Å²) >= 11 is 0. The molecule has 3 N–H and O–H groups in total. The number of ether oxygens (including phenoxy) is 6. The highest BCUT2D eigenvalue weighted by Gasteiger charge is 2.44. The van der Waals surface area contributed by atoms with Gasteiger partial charge >= 0.3 is 11.9 Å². The molecule has 0 aromatic heterocycles. The Hall–Kier alpha value is -2.73. The number of aliphatic hydroxyl groups is 3. The van der Waals surface area contributed by atoms with E-state index in [1.165, 1.54) is 51.4 Å². The lowest BCUT2D eigenvalue weighted by atomic mass is 9.88. The molecule has 2 saturated carbocycles. The standard InChI is InChI=1S/C33H54O8S.C26H48O6/c1-5-6-7-10-13-21-38-23-24-39-22-20-30-29(14-11-8-9-12-15-33(35)40-26(2)3)31(34)25-32(30)41-42(36,37)28-18-16-27(4)17-19-28;1-4-5-6-9-12-16-30-18-19-31-17-15-23-22(24(27)20-25(23)28)13-10-7-8-11-14-26(29)32-21(2)3/h8,11,16-19,26,29-32,34H,5-7,9-10,12-15,20-25H2,1-4H3;7,10,21-25,27-28H,4-6,8-9,11-20H2,1-3H3/b11-8-;10-7-/t29?,30-,31+,32-;22?,23-,24+,25-/m11/s1. The Labute approximate surface area is 448 Å². The summed E-state index contributed by atoms with van der Waals surface area (Å²) in [6.45, 7) is 18.4. The van der Waals surface area contributed by atoms with Gasteiger partial charge in [0.2, 0.25) is 0 Å². The van der Waals surface area contributed by atoms with Crippen molar-refractivity contribution in [3.05, 3.63) is 54.1 Å². The molecule has 2 aliphatic carbocycles. The predicted octanol–water partition coefficient (Wildman–Crippen LogP) is 11.3. The van der Waals surface area contributed by atoms with E-state index >= 15 is 0 Å².